The minimum Gasteiger partial charge on any atom is -0.462 e. The molecule has 0 amide bonds. The molecule has 0 rings (SSSR count). The van der Waals surface area contributed by atoms with Crippen molar-refractivity contribution in [2.75, 3.05) is 19.8 Å². The minimum atomic E-state index is -0.536. The van der Waals surface area contributed by atoms with E-state index in [1.165, 1.54) is 186 Å². The molecule has 1 unspecified atom stereocenters. The Bertz CT molecular complexity index is 882. The van der Waals surface area contributed by atoms with E-state index in [1.807, 2.05) is 0 Å². The van der Waals surface area contributed by atoms with Gasteiger partial charge in [0.25, 0.3) is 0 Å². The highest BCUT2D eigenvalue weighted by Gasteiger charge is 2.17. The summed E-state index contributed by atoms with van der Waals surface area (Å²) in [6, 6.07) is 0. The Balaban J connectivity index is 4.24. The molecule has 0 aromatic heterocycles. The highest BCUT2D eigenvalue weighted by atomic mass is 16.6. The van der Waals surface area contributed by atoms with Crippen LogP contribution < -0.4 is 0 Å². The number of allylic oxidation sites excluding steroid dienone is 4. The molecule has 0 aromatic carbocycles. The summed E-state index contributed by atoms with van der Waals surface area (Å²) < 4.78 is 17.4. The molecule has 0 bridgehead atoms. The number of hydrogen-bond acceptors (Lipinski definition) is 5. The lowest BCUT2D eigenvalue weighted by atomic mass is 10.1. The van der Waals surface area contributed by atoms with E-state index in [2.05, 4.69) is 45.1 Å². The molecule has 5 heteroatoms. The van der Waals surface area contributed by atoms with Gasteiger partial charge in [0.15, 0.2) is 6.10 Å². The zero-order valence-electron chi connectivity index (χ0n) is 39.3. The van der Waals surface area contributed by atoms with E-state index in [0.29, 0.717) is 19.4 Å². The first kappa shape index (κ1) is 56.4. The van der Waals surface area contributed by atoms with Gasteiger partial charge in [0.2, 0.25) is 0 Å². The van der Waals surface area contributed by atoms with Gasteiger partial charge < -0.3 is 14.2 Å². The van der Waals surface area contributed by atoms with Gasteiger partial charge >= 0.3 is 11.9 Å². The van der Waals surface area contributed by atoms with Crippen LogP contribution in [0, 0.1) is 0 Å². The van der Waals surface area contributed by atoms with Gasteiger partial charge in [-0.1, -0.05) is 218 Å². The number of carbonyl (C=O) groups excluding carboxylic acids is 2. The molecule has 0 saturated carbocycles. The fourth-order valence-electron chi connectivity index (χ4n) is 7.56. The summed E-state index contributed by atoms with van der Waals surface area (Å²) in [4.78, 5) is 25.4. The molecule has 58 heavy (non-hydrogen) atoms. The summed E-state index contributed by atoms with van der Waals surface area (Å²) in [6.45, 7) is 7.85. The van der Waals surface area contributed by atoms with Crippen LogP contribution >= 0.6 is 0 Å². The van der Waals surface area contributed by atoms with E-state index >= 15 is 0 Å². The molecule has 0 aliphatic carbocycles. The Morgan fingerprint density at radius 3 is 1.05 bits per heavy atom. The van der Waals surface area contributed by atoms with Crippen molar-refractivity contribution < 1.29 is 23.8 Å². The molecule has 0 saturated heterocycles. The predicted molar refractivity (Wildman–Crippen MR) is 252 cm³/mol. The monoisotopic (exact) mass is 817 g/mol. The second kappa shape index (κ2) is 49.7. The molecule has 0 spiro atoms. The molecule has 0 fully saturated rings. The van der Waals surface area contributed by atoms with E-state index in [9.17, 15) is 9.59 Å². The Morgan fingerprint density at radius 2 is 0.672 bits per heavy atom. The van der Waals surface area contributed by atoms with E-state index in [-0.39, 0.29) is 25.2 Å². The normalized spacial score (nSPS) is 12.3. The van der Waals surface area contributed by atoms with E-state index < -0.39 is 6.10 Å². The Kier molecular flexibility index (Phi) is 48.4. The summed E-state index contributed by atoms with van der Waals surface area (Å²) in [5.74, 6) is -0.401. The van der Waals surface area contributed by atoms with Crippen LogP contribution in [0.25, 0.3) is 0 Å². The van der Waals surface area contributed by atoms with Gasteiger partial charge in [-0.2, -0.15) is 0 Å². The van der Waals surface area contributed by atoms with Crippen LogP contribution in [0.15, 0.2) is 24.3 Å². The molecule has 0 aliphatic rings. The lowest BCUT2D eigenvalue weighted by molar-refractivity contribution is -0.163. The molecule has 0 aliphatic heterocycles. The maximum Gasteiger partial charge on any atom is 0.306 e. The smallest absolute Gasteiger partial charge is 0.306 e. The van der Waals surface area contributed by atoms with Crippen molar-refractivity contribution in [2.45, 2.75) is 284 Å². The molecule has 0 radical (unpaired) electrons. The Morgan fingerprint density at radius 1 is 0.362 bits per heavy atom. The van der Waals surface area contributed by atoms with E-state index in [1.54, 1.807) is 0 Å². The number of ether oxygens (including phenoxy) is 3. The van der Waals surface area contributed by atoms with Crippen LogP contribution in [0.4, 0.5) is 0 Å². The van der Waals surface area contributed by atoms with Crippen molar-refractivity contribution >= 4 is 11.9 Å². The maximum atomic E-state index is 12.8. The van der Waals surface area contributed by atoms with Gasteiger partial charge in [-0.3, -0.25) is 9.59 Å². The number of carbonyl (C=O) groups is 2. The third-order valence-corrected chi connectivity index (χ3v) is 11.5. The van der Waals surface area contributed by atoms with Crippen LogP contribution in [-0.2, 0) is 23.8 Å². The summed E-state index contributed by atoms with van der Waals surface area (Å²) in [5, 5.41) is 0. The first-order valence-corrected chi connectivity index (χ1v) is 25.9. The largest absolute Gasteiger partial charge is 0.462 e. The van der Waals surface area contributed by atoms with Gasteiger partial charge in [-0.25, -0.2) is 0 Å². The molecule has 0 aromatic rings. The molecule has 0 N–H and O–H groups in total. The van der Waals surface area contributed by atoms with Crippen molar-refractivity contribution in [3.63, 3.8) is 0 Å². The first-order valence-electron chi connectivity index (χ1n) is 25.9. The molecule has 1 atom stereocenters. The van der Waals surface area contributed by atoms with Gasteiger partial charge in [0.1, 0.15) is 6.61 Å². The lowest BCUT2D eigenvalue weighted by Gasteiger charge is -2.18. The number of rotatable bonds is 48. The topological polar surface area (TPSA) is 61.8 Å². The molecular formula is C53H100O5. The van der Waals surface area contributed by atoms with E-state index in [4.69, 9.17) is 14.2 Å². The van der Waals surface area contributed by atoms with Crippen LogP contribution in [0.2, 0.25) is 0 Å². The standard InChI is InChI=1S/C53H100O5/c1-4-7-10-13-16-19-22-25-27-29-31-34-37-40-43-46-52(54)57-50-51(49-56-48-45-42-39-36-33-24-21-18-15-12-9-6-3)58-53(55)47-44-41-38-35-32-30-28-26-23-20-17-14-11-8-5-2/h25-28,51H,4-24,29-50H2,1-3H3/b27-25-,28-26-. The second-order valence-corrected chi connectivity index (χ2v) is 17.4. The van der Waals surface area contributed by atoms with E-state index in [0.717, 1.165) is 57.8 Å². The average molecular weight is 817 g/mol. The summed E-state index contributed by atoms with van der Waals surface area (Å²) in [5.41, 5.74) is 0. The maximum absolute atomic E-state index is 12.8. The second-order valence-electron chi connectivity index (χ2n) is 17.4. The van der Waals surface area contributed by atoms with Crippen LogP contribution in [0.3, 0.4) is 0 Å². The first-order chi connectivity index (χ1) is 28.6. The SMILES string of the molecule is CCCCCCCC/C=C\CCCCCCCC(=O)OCC(COCCCCCCCCCCCCCC)OC(=O)CCCCCCC/C=C\CCCCCCCC. The van der Waals surface area contributed by atoms with Gasteiger partial charge in [-0.05, 0) is 70.6 Å². The van der Waals surface area contributed by atoms with Crippen molar-refractivity contribution in [1.82, 2.24) is 0 Å². The molecular weight excluding hydrogens is 717 g/mol. The van der Waals surface area contributed by atoms with Crippen molar-refractivity contribution in [3.8, 4) is 0 Å². The molecule has 0 heterocycles. The highest BCUT2D eigenvalue weighted by Crippen LogP contribution is 2.15. The summed E-state index contributed by atoms with van der Waals surface area (Å²) in [6.07, 6.45) is 57.5. The summed E-state index contributed by atoms with van der Waals surface area (Å²) in [7, 11) is 0. The summed E-state index contributed by atoms with van der Waals surface area (Å²) >= 11 is 0. The fourth-order valence-corrected chi connectivity index (χ4v) is 7.56. The predicted octanol–water partition coefficient (Wildman–Crippen LogP) is 17.2. The van der Waals surface area contributed by atoms with Crippen LogP contribution in [0.1, 0.15) is 278 Å². The number of esters is 2. The van der Waals surface area contributed by atoms with Crippen LogP contribution in [-0.4, -0.2) is 37.9 Å². The van der Waals surface area contributed by atoms with Crippen molar-refractivity contribution in [1.29, 1.82) is 0 Å². The van der Waals surface area contributed by atoms with Crippen molar-refractivity contribution in [3.05, 3.63) is 24.3 Å². The fraction of sp³-hybridized carbons (Fsp3) is 0.887. The zero-order chi connectivity index (χ0) is 42.1. The highest BCUT2D eigenvalue weighted by molar-refractivity contribution is 5.70. The molecule has 342 valence electrons. The zero-order valence-corrected chi connectivity index (χ0v) is 39.3. The Labute approximate surface area is 362 Å². The van der Waals surface area contributed by atoms with Gasteiger partial charge in [0.05, 0.1) is 6.61 Å². The van der Waals surface area contributed by atoms with Gasteiger partial charge in [-0.15, -0.1) is 0 Å². The van der Waals surface area contributed by atoms with Crippen LogP contribution in [0.5, 0.6) is 0 Å². The number of hydrogen-bond donors (Lipinski definition) is 0. The van der Waals surface area contributed by atoms with Crippen molar-refractivity contribution in [2.24, 2.45) is 0 Å². The average Bonchev–Trinajstić information content (AvgIpc) is 3.22. The molecule has 5 nitrogen and oxygen atoms in total. The third kappa shape index (κ3) is 47.1. The van der Waals surface area contributed by atoms with Gasteiger partial charge in [0, 0.05) is 19.4 Å². The third-order valence-electron chi connectivity index (χ3n) is 11.5. The quantitative estimate of drug-likeness (QED) is 0.0348. The lowest BCUT2D eigenvalue weighted by Crippen LogP contribution is -2.30. The number of unbranched alkanes of at least 4 members (excludes halogenated alkanes) is 33. The Hall–Kier alpha value is -1.62. The minimum absolute atomic E-state index is 0.0838.